The van der Waals surface area contributed by atoms with Crippen LogP contribution in [0.4, 0.5) is 14.5 Å². The summed E-state index contributed by atoms with van der Waals surface area (Å²) in [5.74, 6) is -5.12. The summed E-state index contributed by atoms with van der Waals surface area (Å²) in [4.78, 5) is 23.0. The van der Waals surface area contributed by atoms with E-state index in [1.807, 2.05) is 0 Å². The molecule has 0 spiro atoms. The molecule has 0 aromatic heterocycles. The van der Waals surface area contributed by atoms with Gasteiger partial charge < -0.3 is 10.4 Å². The molecule has 0 heterocycles. The summed E-state index contributed by atoms with van der Waals surface area (Å²) in [5, 5.41) is 11.3. The van der Waals surface area contributed by atoms with Gasteiger partial charge in [-0.15, -0.1) is 0 Å². The van der Waals surface area contributed by atoms with Gasteiger partial charge in [-0.25, -0.2) is 8.78 Å². The minimum Gasteiger partial charge on any atom is -0.481 e. The zero-order chi connectivity index (χ0) is 14.8. The zero-order valence-corrected chi connectivity index (χ0v) is 10.8. The molecule has 2 N–H and O–H groups in total. The smallest absolute Gasteiger partial charge is 0.316 e. The summed E-state index contributed by atoms with van der Waals surface area (Å²) in [7, 11) is 0. The first kappa shape index (κ1) is 15.1. The average Bonchev–Trinajstić information content (AvgIpc) is 2.10. The first-order chi connectivity index (χ1) is 8.61. The largest absolute Gasteiger partial charge is 0.481 e. The molecule has 0 aliphatic rings. The van der Waals surface area contributed by atoms with Crippen LogP contribution in [0.3, 0.4) is 0 Å². The van der Waals surface area contributed by atoms with Crippen molar-refractivity contribution in [3.63, 3.8) is 0 Å². The van der Waals surface area contributed by atoms with Crippen LogP contribution >= 0.6 is 0 Å². The highest BCUT2D eigenvalue weighted by Gasteiger charge is 2.37. The van der Waals surface area contributed by atoms with Gasteiger partial charge in [-0.2, -0.15) is 0 Å². The number of carboxylic acid groups (broad SMARTS) is 1. The quantitative estimate of drug-likeness (QED) is 0.830. The zero-order valence-electron chi connectivity index (χ0n) is 10.8. The Kier molecular flexibility index (Phi) is 4.24. The van der Waals surface area contributed by atoms with Crippen LogP contribution in [-0.4, -0.2) is 17.0 Å². The molecular weight excluding hydrogens is 256 g/mol. The fourth-order valence-corrected chi connectivity index (χ4v) is 1.72. The summed E-state index contributed by atoms with van der Waals surface area (Å²) in [6.45, 7) is 4.78. The molecule has 104 valence electrons. The minimum absolute atomic E-state index is 0.113. The van der Waals surface area contributed by atoms with Gasteiger partial charge in [0, 0.05) is 11.8 Å². The van der Waals surface area contributed by atoms with E-state index >= 15 is 0 Å². The molecule has 0 saturated heterocycles. The number of hydrogen-bond acceptors (Lipinski definition) is 2. The molecule has 1 unspecified atom stereocenters. The van der Waals surface area contributed by atoms with Crippen LogP contribution in [0.25, 0.3) is 0 Å². The molecule has 6 heteroatoms. The molecule has 1 amide bonds. The molecule has 0 saturated carbocycles. The van der Waals surface area contributed by atoms with Crippen LogP contribution in [-0.2, 0) is 9.59 Å². The second-order valence-corrected chi connectivity index (χ2v) is 5.28. The van der Waals surface area contributed by atoms with Crippen molar-refractivity contribution in [3.05, 3.63) is 29.8 Å². The first-order valence-corrected chi connectivity index (χ1v) is 5.61. The van der Waals surface area contributed by atoms with Crippen molar-refractivity contribution in [2.24, 2.45) is 11.3 Å². The lowest BCUT2D eigenvalue weighted by molar-refractivity contribution is -0.149. The normalized spacial score (nSPS) is 12.9. The SMILES string of the molecule is CC(C)(C)C(C(=O)O)C(=O)Nc1cc(F)cc(F)c1. The second kappa shape index (κ2) is 5.34. The number of carboxylic acids is 1. The number of anilines is 1. The van der Waals surface area contributed by atoms with Crippen LogP contribution in [0.5, 0.6) is 0 Å². The number of carbonyl (C=O) groups excluding carboxylic acids is 1. The number of halogens is 2. The monoisotopic (exact) mass is 271 g/mol. The summed E-state index contributed by atoms with van der Waals surface area (Å²) in [5.41, 5.74) is -0.931. The molecule has 0 radical (unpaired) electrons. The van der Waals surface area contributed by atoms with Gasteiger partial charge in [0.2, 0.25) is 5.91 Å². The number of carbonyl (C=O) groups is 2. The number of nitrogens with one attached hydrogen (secondary N) is 1. The fourth-order valence-electron chi connectivity index (χ4n) is 1.72. The van der Waals surface area contributed by atoms with Crippen LogP contribution in [0, 0.1) is 23.0 Å². The third kappa shape index (κ3) is 4.01. The summed E-state index contributed by atoms with van der Waals surface area (Å²) >= 11 is 0. The van der Waals surface area contributed by atoms with Gasteiger partial charge in [0.25, 0.3) is 0 Å². The lowest BCUT2D eigenvalue weighted by Crippen LogP contribution is -2.39. The third-order valence-corrected chi connectivity index (χ3v) is 2.51. The Morgan fingerprint density at radius 3 is 2.00 bits per heavy atom. The average molecular weight is 271 g/mol. The van der Waals surface area contributed by atoms with E-state index in [9.17, 15) is 18.4 Å². The van der Waals surface area contributed by atoms with E-state index in [2.05, 4.69) is 5.32 Å². The maximum absolute atomic E-state index is 13.0. The van der Waals surface area contributed by atoms with Gasteiger partial charge in [0.05, 0.1) is 0 Å². The molecule has 1 rings (SSSR count). The van der Waals surface area contributed by atoms with Crippen molar-refractivity contribution >= 4 is 17.6 Å². The number of hydrogen-bond donors (Lipinski definition) is 2. The Hall–Kier alpha value is -1.98. The summed E-state index contributed by atoms with van der Waals surface area (Å²) in [6, 6.07) is 2.50. The van der Waals surface area contributed by atoms with Crippen LogP contribution < -0.4 is 5.32 Å². The molecule has 0 bridgehead atoms. The van der Waals surface area contributed by atoms with E-state index in [-0.39, 0.29) is 5.69 Å². The van der Waals surface area contributed by atoms with E-state index in [1.54, 1.807) is 20.8 Å². The van der Waals surface area contributed by atoms with Crippen LogP contribution in [0.2, 0.25) is 0 Å². The van der Waals surface area contributed by atoms with Crippen molar-refractivity contribution in [1.29, 1.82) is 0 Å². The van der Waals surface area contributed by atoms with Crippen molar-refractivity contribution in [2.75, 3.05) is 5.32 Å². The molecule has 1 aromatic rings. The van der Waals surface area contributed by atoms with Gasteiger partial charge in [0.15, 0.2) is 0 Å². The van der Waals surface area contributed by atoms with Crippen molar-refractivity contribution in [3.8, 4) is 0 Å². The van der Waals surface area contributed by atoms with E-state index in [0.717, 1.165) is 12.1 Å². The molecule has 0 fully saturated rings. The van der Waals surface area contributed by atoms with E-state index in [4.69, 9.17) is 5.11 Å². The molecule has 0 aliphatic carbocycles. The van der Waals surface area contributed by atoms with Crippen LogP contribution in [0.1, 0.15) is 20.8 Å². The summed E-state index contributed by atoms with van der Waals surface area (Å²) in [6.07, 6.45) is 0. The van der Waals surface area contributed by atoms with Gasteiger partial charge >= 0.3 is 5.97 Å². The number of aliphatic carboxylic acids is 1. The predicted molar refractivity (Wildman–Crippen MR) is 65.6 cm³/mol. The summed E-state index contributed by atoms with van der Waals surface area (Å²) < 4.78 is 25.9. The Balaban J connectivity index is 2.97. The number of rotatable bonds is 3. The lowest BCUT2D eigenvalue weighted by atomic mass is 9.80. The Morgan fingerprint density at radius 2 is 1.63 bits per heavy atom. The maximum atomic E-state index is 13.0. The Morgan fingerprint density at radius 1 is 1.16 bits per heavy atom. The molecular formula is C13H15F2NO3. The van der Waals surface area contributed by atoms with Gasteiger partial charge in [-0.1, -0.05) is 20.8 Å². The van der Waals surface area contributed by atoms with Crippen molar-refractivity contribution in [2.45, 2.75) is 20.8 Å². The van der Waals surface area contributed by atoms with Crippen molar-refractivity contribution < 1.29 is 23.5 Å². The van der Waals surface area contributed by atoms with Crippen LogP contribution in [0.15, 0.2) is 18.2 Å². The Bertz CT molecular complexity index is 489. The second-order valence-electron chi connectivity index (χ2n) is 5.28. The number of benzene rings is 1. The molecule has 1 atom stereocenters. The van der Waals surface area contributed by atoms with Crippen molar-refractivity contribution in [1.82, 2.24) is 0 Å². The Labute approximate surface area is 109 Å². The highest BCUT2D eigenvalue weighted by atomic mass is 19.1. The fraction of sp³-hybridized carbons (Fsp3) is 0.385. The lowest BCUT2D eigenvalue weighted by Gasteiger charge is -2.25. The van der Waals surface area contributed by atoms with E-state index < -0.39 is 34.8 Å². The first-order valence-electron chi connectivity index (χ1n) is 5.61. The third-order valence-electron chi connectivity index (χ3n) is 2.51. The topological polar surface area (TPSA) is 66.4 Å². The van der Waals surface area contributed by atoms with Gasteiger partial charge in [-0.3, -0.25) is 9.59 Å². The van der Waals surface area contributed by atoms with E-state index in [1.165, 1.54) is 0 Å². The molecule has 19 heavy (non-hydrogen) atoms. The molecule has 4 nitrogen and oxygen atoms in total. The molecule has 1 aromatic carbocycles. The maximum Gasteiger partial charge on any atom is 0.316 e. The van der Waals surface area contributed by atoms with Gasteiger partial charge in [-0.05, 0) is 17.5 Å². The minimum atomic E-state index is -1.32. The standard InChI is InChI=1S/C13H15F2NO3/c1-13(2,3)10(12(18)19)11(17)16-9-5-7(14)4-8(15)6-9/h4-6,10H,1-3H3,(H,16,17)(H,18,19). The number of amides is 1. The molecule has 0 aliphatic heterocycles. The van der Waals surface area contributed by atoms with E-state index in [0.29, 0.717) is 6.07 Å². The van der Waals surface area contributed by atoms with Gasteiger partial charge in [0.1, 0.15) is 17.6 Å². The highest BCUT2D eigenvalue weighted by Crippen LogP contribution is 2.27. The predicted octanol–water partition coefficient (Wildman–Crippen LogP) is 2.65. The highest BCUT2D eigenvalue weighted by molar-refractivity contribution is 6.04.